The summed E-state index contributed by atoms with van der Waals surface area (Å²) in [5.41, 5.74) is 9.91. The van der Waals surface area contributed by atoms with E-state index in [-0.39, 0.29) is 168 Å². The molecule has 16 nitrogen and oxygen atoms in total. The van der Waals surface area contributed by atoms with Crippen LogP contribution in [0.25, 0.3) is 0 Å². The van der Waals surface area contributed by atoms with Crippen LogP contribution in [0.3, 0.4) is 0 Å². The van der Waals surface area contributed by atoms with E-state index in [4.69, 9.17) is 33.5 Å². The molecule has 0 amide bonds. The predicted molar refractivity (Wildman–Crippen MR) is 358 cm³/mol. The predicted octanol–water partition coefficient (Wildman–Crippen LogP) is 21.2. The second-order valence-corrected chi connectivity index (χ2v) is 24.5. The summed E-state index contributed by atoms with van der Waals surface area (Å²) >= 11 is 0.671. The summed E-state index contributed by atoms with van der Waals surface area (Å²) in [7, 11) is 0. The van der Waals surface area contributed by atoms with Gasteiger partial charge in [-0.1, -0.05) is 152 Å². The maximum Gasteiger partial charge on any atom is 0.222 e. The Hall–Kier alpha value is -5.36. The highest BCUT2D eigenvalue weighted by Gasteiger charge is 2.38. The van der Waals surface area contributed by atoms with Crippen molar-refractivity contribution in [3.63, 3.8) is 0 Å². The van der Waals surface area contributed by atoms with E-state index in [1.165, 1.54) is 0 Å². The van der Waals surface area contributed by atoms with Gasteiger partial charge in [-0.15, -0.1) is 0 Å². The minimum Gasteiger partial charge on any atom is -0.400 e. The Balaban J connectivity index is 1.60. The van der Waals surface area contributed by atoms with Crippen molar-refractivity contribution >= 4 is 98.6 Å². The van der Waals surface area contributed by atoms with Gasteiger partial charge in [0, 0.05) is 92.4 Å². The highest BCUT2D eigenvalue weighted by molar-refractivity contribution is 7.90. The maximum atomic E-state index is 10.8. The third-order valence-electron chi connectivity index (χ3n) is 15.8. The molecule has 0 saturated heterocycles. The molecular formula is C64H64O16S8. The summed E-state index contributed by atoms with van der Waals surface area (Å²) in [6, 6.07) is 45.3. The zero-order valence-corrected chi connectivity index (χ0v) is 55.1. The van der Waals surface area contributed by atoms with Gasteiger partial charge >= 0.3 is 0 Å². The minimum atomic E-state index is -0.984. The third-order valence-corrected chi connectivity index (χ3v) is 17.9. The van der Waals surface area contributed by atoms with Gasteiger partial charge < -0.3 is 33.5 Å². The van der Waals surface area contributed by atoms with E-state index in [1.54, 1.807) is 24.3 Å². The summed E-state index contributed by atoms with van der Waals surface area (Å²) in [5.74, 6) is -2.89. The van der Waals surface area contributed by atoms with Crippen LogP contribution in [0.5, 0.6) is 46.0 Å². The lowest BCUT2D eigenvalue weighted by molar-refractivity contribution is 0.514. The molecule has 0 atom stereocenters. The van der Waals surface area contributed by atoms with Crippen LogP contribution in [-0.4, -0.2) is 36.4 Å². The van der Waals surface area contributed by atoms with Gasteiger partial charge in [0.2, 0.25) is 98.6 Å². The molecule has 1 aliphatic carbocycles. The SMILES string of the molecule is CC(C)c1ccc(C2c3cc(c(OSO)cc3OSO)C(c3ccc(C(C)C)cc3)c3cc(c(OSO)cc3OSO)C(c3ccc(C(C)C)cc3)c3cc(c(OSO)cc3OSO)C(c3ccc(C(C)C)cc3)c3cc2c(OSO)cc3OSO)cc1. The van der Waals surface area contributed by atoms with Gasteiger partial charge in [0.25, 0.3) is 0 Å². The van der Waals surface area contributed by atoms with Crippen molar-refractivity contribution in [3.05, 3.63) is 235 Å². The number of rotatable bonds is 24. The Morgan fingerprint density at radius 2 is 0.364 bits per heavy atom. The van der Waals surface area contributed by atoms with Gasteiger partial charge in [-0.05, 0) is 92.4 Å². The van der Waals surface area contributed by atoms with Gasteiger partial charge in [-0.2, -0.15) is 0 Å². The molecule has 88 heavy (non-hydrogen) atoms. The van der Waals surface area contributed by atoms with E-state index in [0.29, 0.717) is 66.8 Å². The van der Waals surface area contributed by atoms with Crippen molar-refractivity contribution in [3.8, 4) is 46.0 Å². The van der Waals surface area contributed by atoms with Crippen LogP contribution < -0.4 is 33.5 Å². The molecule has 24 heteroatoms. The zero-order valence-electron chi connectivity index (χ0n) is 48.6. The second-order valence-electron chi connectivity index (χ2n) is 22.0. The van der Waals surface area contributed by atoms with Gasteiger partial charge in [-0.25, -0.2) is 0 Å². The average molecular weight is 1350 g/mol. The fourth-order valence-electron chi connectivity index (χ4n) is 11.5. The minimum absolute atomic E-state index is 0.0684. The lowest BCUT2D eigenvalue weighted by atomic mass is 9.74. The highest BCUT2D eigenvalue weighted by atomic mass is 32.2. The Morgan fingerprint density at radius 1 is 0.227 bits per heavy atom. The fraction of sp³-hybridized carbons (Fsp3) is 0.250. The van der Waals surface area contributed by atoms with Crippen LogP contribution in [0.1, 0.15) is 192 Å². The summed E-state index contributed by atoms with van der Waals surface area (Å²) in [5, 5.41) is 0. The monoisotopic (exact) mass is 1340 g/mol. The van der Waals surface area contributed by atoms with Crippen LogP contribution in [0.4, 0.5) is 0 Å². The van der Waals surface area contributed by atoms with Crippen LogP contribution in [0, 0.1) is 0 Å². The van der Waals surface area contributed by atoms with E-state index >= 15 is 0 Å². The smallest absolute Gasteiger partial charge is 0.222 e. The lowest BCUT2D eigenvalue weighted by Gasteiger charge is -2.31. The van der Waals surface area contributed by atoms with Crippen molar-refractivity contribution in [2.24, 2.45) is 0 Å². The molecule has 8 aromatic rings. The maximum absolute atomic E-state index is 10.8. The van der Waals surface area contributed by atoms with Gasteiger partial charge in [0.15, 0.2) is 0 Å². The molecule has 0 unspecified atom stereocenters. The quantitative estimate of drug-likeness (QED) is 0.0263. The van der Waals surface area contributed by atoms with Crippen molar-refractivity contribution in [1.29, 1.82) is 0 Å². The molecule has 9 rings (SSSR count). The fourth-order valence-corrected chi connectivity index (χ4v) is 13.3. The number of benzene rings is 8. The average Bonchev–Trinajstić information content (AvgIpc) is 0.881. The molecule has 464 valence electrons. The van der Waals surface area contributed by atoms with Crippen LogP contribution in [0.2, 0.25) is 0 Å². The second kappa shape index (κ2) is 31.1. The van der Waals surface area contributed by atoms with E-state index in [9.17, 15) is 36.4 Å². The van der Waals surface area contributed by atoms with Gasteiger partial charge in [0.05, 0.1) is 0 Å². The van der Waals surface area contributed by atoms with Crippen molar-refractivity contribution < 1.29 is 69.9 Å². The first-order valence-corrected chi connectivity index (χ1v) is 33.2. The normalized spacial score (nSPS) is 15.6. The molecule has 0 aliphatic heterocycles. The first-order chi connectivity index (χ1) is 42.6. The molecule has 0 saturated carbocycles. The Labute approximate surface area is 547 Å². The summed E-state index contributed by atoms with van der Waals surface area (Å²) in [4.78, 5) is 0. The summed E-state index contributed by atoms with van der Waals surface area (Å²) in [6.45, 7) is 16.6. The summed E-state index contributed by atoms with van der Waals surface area (Å²) < 4.78 is 136. The number of fused-ring (bicyclic) bond motifs is 8. The Morgan fingerprint density at radius 3 is 0.477 bits per heavy atom. The molecular weight excluding hydrogens is 1280 g/mol. The van der Waals surface area contributed by atoms with Gasteiger partial charge in [-0.3, -0.25) is 36.4 Å². The number of hydrogen-bond donors (Lipinski definition) is 8. The van der Waals surface area contributed by atoms with Crippen molar-refractivity contribution in [2.75, 3.05) is 0 Å². The van der Waals surface area contributed by atoms with Crippen molar-refractivity contribution in [1.82, 2.24) is 0 Å². The number of hydrogen-bond acceptors (Lipinski definition) is 24. The lowest BCUT2D eigenvalue weighted by Crippen LogP contribution is -2.15. The molecule has 8 N–H and O–H groups in total. The molecule has 0 radical (unpaired) electrons. The molecule has 0 aromatic heterocycles. The van der Waals surface area contributed by atoms with E-state index in [0.717, 1.165) is 22.3 Å². The van der Waals surface area contributed by atoms with Gasteiger partial charge in [0.1, 0.15) is 46.0 Å². The zero-order chi connectivity index (χ0) is 62.8. The van der Waals surface area contributed by atoms with Crippen molar-refractivity contribution in [2.45, 2.75) is 103 Å². The first-order valence-electron chi connectivity index (χ1n) is 27.6. The summed E-state index contributed by atoms with van der Waals surface area (Å²) in [6.07, 6.45) is 0. The highest BCUT2D eigenvalue weighted by Crippen LogP contribution is 2.56. The van der Waals surface area contributed by atoms with Crippen LogP contribution in [-0.2, 0) is 0 Å². The molecule has 1 aliphatic rings. The van der Waals surface area contributed by atoms with E-state index < -0.39 is 23.7 Å². The van der Waals surface area contributed by atoms with Crippen LogP contribution in [0.15, 0.2) is 146 Å². The molecule has 0 fully saturated rings. The van der Waals surface area contributed by atoms with E-state index in [2.05, 4.69) is 55.4 Å². The third kappa shape index (κ3) is 14.7. The molecule has 8 bridgehead atoms. The molecule has 8 aromatic carbocycles. The Bertz CT molecular complexity index is 3040. The van der Waals surface area contributed by atoms with Crippen LogP contribution >= 0.6 is 98.6 Å². The largest absolute Gasteiger partial charge is 0.400 e. The topological polar surface area (TPSA) is 236 Å². The van der Waals surface area contributed by atoms with E-state index in [1.807, 2.05) is 121 Å². The molecule has 0 spiro atoms. The Kier molecular flexibility index (Phi) is 23.7. The molecule has 0 heterocycles. The first kappa shape index (κ1) is 67.0. The standard InChI is InChI=1S/C64H64O16S8/c1-33(2)37-9-17-41(18-10-37)61-45-25-47(55(75-83-67)29-53(45)73-81-65)62(42-19-11-38(12-20-42)34(3)4)49-27-51(59(79-87-71)31-57(49)77-85-69)64(44-23-15-40(16-24-44)36(7)8)52-28-50(58(78-86-70)32-60(52)80-88-72)63(43-21-13-39(14-22-43)35(5)6)48-26-46(61)54(74-82-66)30-56(48)76-84-68/h9-36,61-72H,1-8H3.